The van der Waals surface area contributed by atoms with Crippen molar-refractivity contribution in [2.75, 3.05) is 0 Å². The van der Waals surface area contributed by atoms with E-state index in [1.807, 2.05) is 0 Å². The summed E-state index contributed by atoms with van der Waals surface area (Å²) < 4.78 is 0. The van der Waals surface area contributed by atoms with Crippen molar-refractivity contribution in [3.05, 3.63) is 0 Å². The maximum Gasteiger partial charge on any atom is 0.0155 e. The largest absolute Gasteiger partial charge is 0.325 e. The summed E-state index contributed by atoms with van der Waals surface area (Å²) in [7, 11) is 0. The summed E-state index contributed by atoms with van der Waals surface area (Å²) >= 11 is 0. The van der Waals surface area contributed by atoms with Crippen LogP contribution >= 0.6 is 0 Å². The van der Waals surface area contributed by atoms with Crippen LogP contribution in [0, 0.1) is 11.3 Å². The summed E-state index contributed by atoms with van der Waals surface area (Å²) in [5.74, 6) is 0.790. The van der Waals surface area contributed by atoms with Crippen molar-refractivity contribution < 1.29 is 0 Å². The standard InChI is InChI=1S/C11H23N/c1-9(10(2,3)4)5-6-11(12)7-8-11/h9H,5-8,12H2,1-4H3. The maximum atomic E-state index is 6.04. The first-order chi connectivity index (χ1) is 5.33. The van der Waals surface area contributed by atoms with Gasteiger partial charge in [-0.3, -0.25) is 0 Å². The maximum absolute atomic E-state index is 6.04. The van der Waals surface area contributed by atoms with E-state index in [1.54, 1.807) is 0 Å². The molecule has 2 N–H and O–H groups in total. The first-order valence-electron chi connectivity index (χ1n) is 5.12. The number of rotatable bonds is 3. The molecule has 0 aromatic heterocycles. The molecule has 1 atom stereocenters. The third-order valence-corrected chi connectivity index (χ3v) is 3.45. The molecule has 1 unspecified atom stereocenters. The van der Waals surface area contributed by atoms with Gasteiger partial charge < -0.3 is 5.73 Å². The third kappa shape index (κ3) is 2.78. The van der Waals surface area contributed by atoms with Crippen LogP contribution in [0.2, 0.25) is 0 Å². The van der Waals surface area contributed by atoms with E-state index in [-0.39, 0.29) is 5.54 Å². The van der Waals surface area contributed by atoms with Crippen LogP contribution < -0.4 is 5.73 Å². The molecule has 1 aliphatic rings. The van der Waals surface area contributed by atoms with Crippen molar-refractivity contribution in [3.8, 4) is 0 Å². The van der Waals surface area contributed by atoms with E-state index in [1.165, 1.54) is 25.7 Å². The third-order valence-electron chi connectivity index (χ3n) is 3.45. The Labute approximate surface area is 76.7 Å². The Morgan fingerprint density at radius 2 is 1.83 bits per heavy atom. The van der Waals surface area contributed by atoms with Gasteiger partial charge in [-0.1, -0.05) is 27.7 Å². The van der Waals surface area contributed by atoms with Crippen LogP contribution in [0.1, 0.15) is 53.4 Å². The lowest BCUT2D eigenvalue weighted by Gasteiger charge is -2.28. The fourth-order valence-corrected chi connectivity index (χ4v) is 1.35. The first-order valence-corrected chi connectivity index (χ1v) is 5.12. The molecule has 12 heavy (non-hydrogen) atoms. The van der Waals surface area contributed by atoms with E-state index >= 15 is 0 Å². The zero-order chi connectivity index (χ0) is 9.41. The molecule has 0 spiro atoms. The van der Waals surface area contributed by atoms with Crippen molar-refractivity contribution in [1.82, 2.24) is 0 Å². The smallest absolute Gasteiger partial charge is 0.0155 e. The average molecular weight is 169 g/mol. The molecule has 1 aliphatic carbocycles. The van der Waals surface area contributed by atoms with Gasteiger partial charge in [0.15, 0.2) is 0 Å². The van der Waals surface area contributed by atoms with Gasteiger partial charge in [0, 0.05) is 5.54 Å². The minimum absolute atomic E-state index is 0.250. The molecule has 0 bridgehead atoms. The summed E-state index contributed by atoms with van der Waals surface area (Å²) in [4.78, 5) is 0. The molecule has 1 fully saturated rings. The molecule has 0 aromatic carbocycles. The van der Waals surface area contributed by atoms with Crippen LogP contribution in [0.25, 0.3) is 0 Å². The number of hydrogen-bond acceptors (Lipinski definition) is 1. The molecule has 1 rings (SSSR count). The molecule has 72 valence electrons. The highest BCUT2D eigenvalue weighted by atomic mass is 14.8. The molecular weight excluding hydrogens is 146 g/mol. The lowest BCUT2D eigenvalue weighted by Crippen LogP contribution is -2.25. The lowest BCUT2D eigenvalue weighted by atomic mass is 9.79. The second kappa shape index (κ2) is 3.02. The van der Waals surface area contributed by atoms with E-state index in [2.05, 4.69) is 27.7 Å². The minimum Gasteiger partial charge on any atom is -0.325 e. The van der Waals surface area contributed by atoms with Gasteiger partial charge >= 0.3 is 0 Å². The summed E-state index contributed by atoms with van der Waals surface area (Å²) in [6.07, 6.45) is 5.03. The van der Waals surface area contributed by atoms with E-state index in [4.69, 9.17) is 5.73 Å². The predicted octanol–water partition coefficient (Wildman–Crippen LogP) is 2.94. The van der Waals surface area contributed by atoms with Crippen molar-refractivity contribution in [3.63, 3.8) is 0 Å². The van der Waals surface area contributed by atoms with Crippen LogP contribution in [0.15, 0.2) is 0 Å². The Morgan fingerprint density at radius 1 is 1.33 bits per heavy atom. The van der Waals surface area contributed by atoms with Crippen LogP contribution in [0.5, 0.6) is 0 Å². The fourth-order valence-electron chi connectivity index (χ4n) is 1.35. The van der Waals surface area contributed by atoms with Crippen molar-refractivity contribution in [1.29, 1.82) is 0 Å². The quantitative estimate of drug-likeness (QED) is 0.690. The number of nitrogens with two attached hydrogens (primary N) is 1. The number of hydrogen-bond donors (Lipinski definition) is 1. The van der Waals surface area contributed by atoms with Crippen molar-refractivity contribution in [2.45, 2.75) is 58.9 Å². The van der Waals surface area contributed by atoms with Crippen LogP contribution in [0.4, 0.5) is 0 Å². The Balaban J connectivity index is 2.23. The van der Waals surface area contributed by atoms with E-state index in [0.29, 0.717) is 5.41 Å². The molecular formula is C11H23N. The van der Waals surface area contributed by atoms with Crippen molar-refractivity contribution in [2.24, 2.45) is 17.1 Å². The minimum atomic E-state index is 0.250. The second-order valence-corrected chi connectivity index (χ2v) is 5.67. The second-order valence-electron chi connectivity index (χ2n) is 5.67. The Hall–Kier alpha value is -0.0400. The lowest BCUT2D eigenvalue weighted by molar-refractivity contribution is 0.236. The average Bonchev–Trinajstić information content (AvgIpc) is 2.62. The summed E-state index contributed by atoms with van der Waals surface area (Å²) in [5.41, 5.74) is 6.74. The van der Waals surface area contributed by atoms with Crippen LogP contribution in [0.3, 0.4) is 0 Å². The monoisotopic (exact) mass is 169 g/mol. The van der Waals surface area contributed by atoms with Crippen molar-refractivity contribution >= 4 is 0 Å². The van der Waals surface area contributed by atoms with Gasteiger partial charge in [-0.25, -0.2) is 0 Å². The fraction of sp³-hybridized carbons (Fsp3) is 1.00. The highest BCUT2D eigenvalue weighted by Gasteiger charge is 2.38. The van der Waals surface area contributed by atoms with Crippen LogP contribution in [-0.2, 0) is 0 Å². The highest BCUT2D eigenvalue weighted by molar-refractivity contribution is 4.98. The molecule has 0 amide bonds. The molecule has 0 aliphatic heterocycles. The van der Waals surface area contributed by atoms with Gasteiger partial charge in [0.1, 0.15) is 0 Å². The molecule has 0 saturated heterocycles. The normalized spacial score (nSPS) is 23.8. The van der Waals surface area contributed by atoms with E-state index in [9.17, 15) is 0 Å². The highest BCUT2D eigenvalue weighted by Crippen LogP contribution is 2.40. The Morgan fingerprint density at radius 3 is 2.17 bits per heavy atom. The summed E-state index contributed by atoms with van der Waals surface area (Å²) in [6.45, 7) is 9.28. The topological polar surface area (TPSA) is 26.0 Å². The summed E-state index contributed by atoms with van der Waals surface area (Å²) in [6, 6.07) is 0. The van der Waals surface area contributed by atoms with Gasteiger partial charge in [0.25, 0.3) is 0 Å². The molecule has 0 heterocycles. The van der Waals surface area contributed by atoms with E-state index < -0.39 is 0 Å². The molecule has 0 radical (unpaired) electrons. The predicted molar refractivity (Wildman–Crippen MR) is 54.0 cm³/mol. The Bertz CT molecular complexity index is 151. The van der Waals surface area contributed by atoms with Gasteiger partial charge in [-0.05, 0) is 37.0 Å². The van der Waals surface area contributed by atoms with Gasteiger partial charge in [0.05, 0.1) is 0 Å². The molecule has 1 heteroatoms. The molecule has 0 aromatic rings. The zero-order valence-electron chi connectivity index (χ0n) is 8.98. The molecule has 1 nitrogen and oxygen atoms in total. The molecule has 1 saturated carbocycles. The van der Waals surface area contributed by atoms with Gasteiger partial charge in [0.2, 0.25) is 0 Å². The van der Waals surface area contributed by atoms with Gasteiger partial charge in [-0.15, -0.1) is 0 Å². The SMILES string of the molecule is CC(CCC1(N)CC1)C(C)(C)C. The zero-order valence-corrected chi connectivity index (χ0v) is 8.98. The summed E-state index contributed by atoms with van der Waals surface area (Å²) in [5, 5.41) is 0. The first kappa shape index (κ1) is 10.0. The Kier molecular flexibility index (Phi) is 2.53. The van der Waals surface area contributed by atoms with Crippen LogP contribution in [-0.4, -0.2) is 5.54 Å². The van der Waals surface area contributed by atoms with E-state index in [0.717, 1.165) is 5.92 Å². The van der Waals surface area contributed by atoms with Gasteiger partial charge in [-0.2, -0.15) is 0 Å².